The molecule has 0 bridgehead atoms. The predicted molar refractivity (Wildman–Crippen MR) is 60.8 cm³/mol. The number of ether oxygens (including phenoxy) is 1. The van der Waals surface area contributed by atoms with Crippen molar-refractivity contribution in [2.45, 2.75) is 19.5 Å². The minimum Gasteiger partial charge on any atom is -0.497 e. The van der Waals surface area contributed by atoms with Crippen LogP contribution < -0.4 is 10.5 Å². The van der Waals surface area contributed by atoms with Crippen LogP contribution in [0.15, 0.2) is 12.1 Å². The van der Waals surface area contributed by atoms with Gasteiger partial charge in [0.15, 0.2) is 0 Å². The minimum atomic E-state index is -0.191. The maximum Gasteiger partial charge on any atom is 0.131 e. The predicted octanol–water partition coefficient (Wildman–Crippen LogP) is 1.67. The van der Waals surface area contributed by atoms with Crippen LogP contribution in [0.25, 0.3) is 0 Å². The Bertz CT molecular complexity index is 395. The van der Waals surface area contributed by atoms with Crippen LogP contribution in [0.1, 0.15) is 24.1 Å². The third-order valence-corrected chi connectivity index (χ3v) is 3.23. The van der Waals surface area contributed by atoms with E-state index in [4.69, 9.17) is 10.5 Å². The van der Waals surface area contributed by atoms with Crippen LogP contribution in [0.5, 0.6) is 5.75 Å². The molecule has 0 spiro atoms. The van der Waals surface area contributed by atoms with Crippen LogP contribution in [0.2, 0.25) is 0 Å². The summed E-state index contributed by atoms with van der Waals surface area (Å²) in [5, 5.41) is 0. The number of benzene rings is 1. The average molecular weight is 224 g/mol. The third kappa shape index (κ3) is 1.68. The van der Waals surface area contributed by atoms with E-state index < -0.39 is 0 Å². The summed E-state index contributed by atoms with van der Waals surface area (Å²) in [7, 11) is 1.55. The smallest absolute Gasteiger partial charge is 0.131 e. The maximum atomic E-state index is 13.8. The molecule has 2 N–H and O–H groups in total. The van der Waals surface area contributed by atoms with Gasteiger partial charge in [0.2, 0.25) is 0 Å². The number of nitrogens with zero attached hydrogens (tertiary/aromatic N) is 1. The first kappa shape index (κ1) is 11.4. The van der Waals surface area contributed by atoms with E-state index in [1.165, 1.54) is 6.07 Å². The molecule has 2 rings (SSSR count). The fourth-order valence-electron chi connectivity index (χ4n) is 2.33. The molecule has 1 aromatic carbocycles. The average Bonchev–Trinajstić information content (AvgIpc) is 2.66. The summed E-state index contributed by atoms with van der Waals surface area (Å²) in [4.78, 5) is 2.17. The molecule has 0 aliphatic carbocycles. The molecule has 0 aromatic heterocycles. The van der Waals surface area contributed by atoms with Gasteiger partial charge in [0.05, 0.1) is 7.11 Å². The van der Waals surface area contributed by atoms with E-state index in [0.717, 1.165) is 17.7 Å². The Kier molecular flexibility index (Phi) is 3.12. The van der Waals surface area contributed by atoms with Crippen molar-refractivity contribution < 1.29 is 9.13 Å². The number of halogens is 1. The molecule has 1 atom stereocenters. The van der Waals surface area contributed by atoms with Gasteiger partial charge in [0, 0.05) is 30.8 Å². The molecule has 88 valence electrons. The summed E-state index contributed by atoms with van der Waals surface area (Å²) in [6.07, 6.45) is 0. The Morgan fingerprint density at radius 1 is 1.56 bits per heavy atom. The van der Waals surface area contributed by atoms with E-state index in [2.05, 4.69) is 11.8 Å². The van der Waals surface area contributed by atoms with Crippen LogP contribution in [0.3, 0.4) is 0 Å². The Morgan fingerprint density at radius 3 is 2.88 bits per heavy atom. The zero-order valence-corrected chi connectivity index (χ0v) is 9.66. The molecule has 1 aliphatic rings. The van der Waals surface area contributed by atoms with Crippen LogP contribution >= 0.6 is 0 Å². The number of hydrogen-bond donors (Lipinski definition) is 1. The molecule has 3 nitrogen and oxygen atoms in total. The Labute approximate surface area is 95.0 Å². The van der Waals surface area contributed by atoms with E-state index in [0.29, 0.717) is 18.8 Å². The summed E-state index contributed by atoms with van der Waals surface area (Å²) in [6.45, 7) is 4.08. The van der Waals surface area contributed by atoms with Crippen molar-refractivity contribution in [2.24, 2.45) is 5.73 Å². The number of nitrogens with two attached hydrogens (primary N) is 1. The van der Waals surface area contributed by atoms with Crippen LogP contribution in [-0.4, -0.2) is 25.1 Å². The number of methoxy groups -OCH3 is 1. The topological polar surface area (TPSA) is 38.5 Å². The molecule has 16 heavy (non-hydrogen) atoms. The van der Waals surface area contributed by atoms with Crippen LogP contribution in [0, 0.1) is 5.82 Å². The number of rotatable bonds is 3. The molecule has 1 aliphatic heterocycles. The van der Waals surface area contributed by atoms with Crippen molar-refractivity contribution >= 4 is 0 Å². The highest BCUT2D eigenvalue weighted by Crippen LogP contribution is 2.36. The lowest BCUT2D eigenvalue weighted by molar-refractivity contribution is 0.231. The van der Waals surface area contributed by atoms with Crippen LogP contribution in [0.4, 0.5) is 4.39 Å². The van der Waals surface area contributed by atoms with Crippen molar-refractivity contribution in [3.8, 4) is 5.75 Å². The van der Waals surface area contributed by atoms with Crippen molar-refractivity contribution in [1.82, 2.24) is 4.90 Å². The maximum absolute atomic E-state index is 13.8. The van der Waals surface area contributed by atoms with Crippen molar-refractivity contribution in [2.75, 3.05) is 20.2 Å². The Balaban J connectivity index is 2.46. The molecule has 0 amide bonds. The lowest BCUT2D eigenvalue weighted by Crippen LogP contribution is -2.27. The van der Waals surface area contributed by atoms with E-state index >= 15 is 0 Å². The number of likely N-dealkylation sites (N-methyl/N-ethyl adjacent to an activating group) is 1. The molecular weight excluding hydrogens is 207 g/mol. The fourth-order valence-corrected chi connectivity index (χ4v) is 2.33. The van der Waals surface area contributed by atoms with Crippen molar-refractivity contribution in [3.63, 3.8) is 0 Å². The van der Waals surface area contributed by atoms with Gasteiger partial charge >= 0.3 is 0 Å². The van der Waals surface area contributed by atoms with Gasteiger partial charge in [-0.05, 0) is 18.2 Å². The van der Waals surface area contributed by atoms with Gasteiger partial charge in [0.1, 0.15) is 11.6 Å². The third-order valence-electron chi connectivity index (χ3n) is 3.23. The Hall–Kier alpha value is -1.13. The first-order valence-corrected chi connectivity index (χ1v) is 5.51. The van der Waals surface area contributed by atoms with E-state index in [1.807, 2.05) is 6.07 Å². The molecular formula is C12H17FN2O. The molecule has 4 heteroatoms. The summed E-state index contributed by atoms with van der Waals surface area (Å²) in [6, 6.07) is 3.45. The monoisotopic (exact) mass is 224 g/mol. The summed E-state index contributed by atoms with van der Waals surface area (Å²) in [5.41, 5.74) is 7.49. The summed E-state index contributed by atoms with van der Waals surface area (Å²) in [5.74, 6) is 0.372. The number of fused-ring (bicyclic) bond motifs is 1. The quantitative estimate of drug-likeness (QED) is 0.848. The second-order valence-electron chi connectivity index (χ2n) is 3.99. The van der Waals surface area contributed by atoms with Crippen molar-refractivity contribution in [1.29, 1.82) is 0 Å². The molecule has 0 saturated carbocycles. The molecule has 1 aromatic rings. The highest BCUT2D eigenvalue weighted by Gasteiger charge is 2.30. The first-order chi connectivity index (χ1) is 7.71. The van der Waals surface area contributed by atoms with Gasteiger partial charge in [-0.25, -0.2) is 4.39 Å². The van der Waals surface area contributed by atoms with E-state index in [9.17, 15) is 4.39 Å². The Morgan fingerprint density at radius 2 is 2.31 bits per heavy atom. The largest absolute Gasteiger partial charge is 0.497 e. The van der Waals surface area contributed by atoms with Gasteiger partial charge in [-0.15, -0.1) is 0 Å². The minimum absolute atomic E-state index is 0.115. The number of hydrogen-bond acceptors (Lipinski definition) is 3. The summed E-state index contributed by atoms with van der Waals surface area (Å²) < 4.78 is 18.9. The standard InChI is InChI=1S/C12H17FN2O/c1-3-15-7-10-9(12(15)6-14)4-8(16-2)5-11(10)13/h4-5,12H,3,6-7,14H2,1-2H3. The zero-order valence-electron chi connectivity index (χ0n) is 9.66. The molecule has 1 heterocycles. The van der Waals surface area contributed by atoms with Crippen molar-refractivity contribution in [3.05, 3.63) is 29.1 Å². The molecule has 0 saturated heterocycles. The lowest BCUT2D eigenvalue weighted by Gasteiger charge is -2.21. The highest BCUT2D eigenvalue weighted by molar-refractivity contribution is 5.41. The SMILES string of the molecule is CCN1Cc2c(F)cc(OC)cc2C1CN. The van der Waals surface area contributed by atoms with Crippen LogP contribution in [-0.2, 0) is 6.54 Å². The fraction of sp³-hybridized carbons (Fsp3) is 0.500. The molecule has 1 unspecified atom stereocenters. The van der Waals surface area contributed by atoms with E-state index in [-0.39, 0.29) is 11.9 Å². The zero-order chi connectivity index (χ0) is 11.7. The van der Waals surface area contributed by atoms with Gasteiger partial charge in [0.25, 0.3) is 0 Å². The normalized spacial score (nSPS) is 19.9. The van der Waals surface area contributed by atoms with Gasteiger partial charge in [-0.2, -0.15) is 0 Å². The second-order valence-corrected chi connectivity index (χ2v) is 3.99. The van der Waals surface area contributed by atoms with Gasteiger partial charge < -0.3 is 10.5 Å². The summed E-state index contributed by atoms with van der Waals surface area (Å²) >= 11 is 0. The molecule has 0 radical (unpaired) electrons. The van der Waals surface area contributed by atoms with Gasteiger partial charge in [-0.1, -0.05) is 6.92 Å². The molecule has 0 fully saturated rings. The highest BCUT2D eigenvalue weighted by atomic mass is 19.1. The first-order valence-electron chi connectivity index (χ1n) is 5.51. The lowest BCUT2D eigenvalue weighted by atomic mass is 10.0. The second kappa shape index (κ2) is 4.39. The van der Waals surface area contributed by atoms with Gasteiger partial charge in [-0.3, -0.25) is 4.90 Å². The van der Waals surface area contributed by atoms with E-state index in [1.54, 1.807) is 7.11 Å².